The van der Waals surface area contributed by atoms with Gasteiger partial charge in [-0.15, -0.1) is 0 Å². The number of rotatable bonds is 6. The van der Waals surface area contributed by atoms with Crippen molar-refractivity contribution in [3.8, 4) is 17.2 Å². The minimum atomic E-state index is -0.208. The lowest BCUT2D eigenvalue weighted by atomic mass is 10.0. The van der Waals surface area contributed by atoms with Crippen LogP contribution in [0, 0.1) is 0 Å². The Bertz CT molecular complexity index is 1580. The monoisotopic (exact) mass is 556 g/mol. The zero-order valence-electron chi connectivity index (χ0n) is 20.0. The maximum atomic E-state index is 6.63. The van der Waals surface area contributed by atoms with E-state index >= 15 is 0 Å². The predicted molar refractivity (Wildman–Crippen MR) is 157 cm³/mol. The van der Waals surface area contributed by atoms with E-state index in [0.29, 0.717) is 15.2 Å². The number of halogens is 2. The van der Waals surface area contributed by atoms with Crippen LogP contribution in [0.5, 0.6) is 11.5 Å². The van der Waals surface area contributed by atoms with Crippen LogP contribution in [-0.2, 0) is 0 Å². The number of para-hydroxylation sites is 1. The Balaban J connectivity index is 1.42. The molecule has 3 heterocycles. The number of anilines is 1. The van der Waals surface area contributed by atoms with Gasteiger partial charge in [0.15, 0.2) is 5.11 Å². The second-order valence-corrected chi connectivity index (χ2v) is 10.0. The number of aromatic nitrogens is 2. The fourth-order valence-electron chi connectivity index (χ4n) is 4.76. The van der Waals surface area contributed by atoms with Crippen molar-refractivity contribution in [2.24, 2.45) is 0 Å². The molecule has 1 aliphatic rings. The summed E-state index contributed by atoms with van der Waals surface area (Å²) in [7, 11) is 0. The van der Waals surface area contributed by atoms with Crippen molar-refractivity contribution in [1.82, 2.24) is 14.9 Å². The molecule has 0 saturated carbocycles. The maximum absolute atomic E-state index is 6.63. The molecule has 0 unspecified atom stereocenters. The Hall–Kier alpha value is -3.84. The van der Waals surface area contributed by atoms with E-state index in [1.807, 2.05) is 97.2 Å². The van der Waals surface area contributed by atoms with Crippen LogP contribution in [0.15, 0.2) is 116 Å². The van der Waals surface area contributed by atoms with Gasteiger partial charge in [-0.3, -0.25) is 4.98 Å². The van der Waals surface area contributed by atoms with Crippen LogP contribution < -0.4 is 15.0 Å². The van der Waals surface area contributed by atoms with Gasteiger partial charge in [-0.25, -0.2) is 0 Å². The highest BCUT2D eigenvalue weighted by molar-refractivity contribution is 7.80. The lowest BCUT2D eigenvalue weighted by molar-refractivity contribution is 0.482. The smallest absolute Gasteiger partial charge is 0.174 e. The Morgan fingerprint density at radius 3 is 2.32 bits per heavy atom. The summed E-state index contributed by atoms with van der Waals surface area (Å²) >= 11 is 18.7. The van der Waals surface area contributed by atoms with Gasteiger partial charge in [0.25, 0.3) is 0 Å². The van der Waals surface area contributed by atoms with Crippen molar-refractivity contribution in [1.29, 1.82) is 0 Å². The highest BCUT2D eigenvalue weighted by atomic mass is 35.5. The average molecular weight is 558 g/mol. The standard InChI is InChI=1S/C30H22Cl2N4OS/c31-20-11-16-26(24(32)19-20)35-18-6-10-27(35)29-28(25-9-4-5-17-33-25)34-30(38)36(29)21-12-14-23(15-13-21)37-22-7-2-1-3-8-22/h1-19,28-29H,(H,34,38)/t28-,29+/m0/s1. The van der Waals surface area contributed by atoms with Crippen molar-refractivity contribution in [2.45, 2.75) is 12.1 Å². The van der Waals surface area contributed by atoms with Crippen molar-refractivity contribution in [3.63, 3.8) is 0 Å². The van der Waals surface area contributed by atoms with Crippen LogP contribution in [-0.4, -0.2) is 14.7 Å². The third-order valence-electron chi connectivity index (χ3n) is 6.44. The van der Waals surface area contributed by atoms with Crippen LogP contribution in [0.3, 0.4) is 0 Å². The highest BCUT2D eigenvalue weighted by Gasteiger charge is 2.42. The van der Waals surface area contributed by atoms with E-state index in [-0.39, 0.29) is 12.1 Å². The molecule has 1 fully saturated rings. The van der Waals surface area contributed by atoms with Crippen LogP contribution in [0.4, 0.5) is 5.69 Å². The molecule has 1 N–H and O–H groups in total. The number of nitrogens with zero attached hydrogens (tertiary/aromatic N) is 3. The molecule has 5 aromatic rings. The van der Waals surface area contributed by atoms with Gasteiger partial charge >= 0.3 is 0 Å². The van der Waals surface area contributed by atoms with Crippen LogP contribution in [0.2, 0.25) is 10.0 Å². The predicted octanol–water partition coefficient (Wildman–Crippen LogP) is 8.15. The first-order valence-corrected chi connectivity index (χ1v) is 13.2. The lowest BCUT2D eigenvalue weighted by Gasteiger charge is -2.29. The molecule has 3 aromatic carbocycles. The fraction of sp³-hybridized carbons (Fsp3) is 0.0667. The van der Waals surface area contributed by atoms with Gasteiger partial charge in [-0.1, -0.05) is 47.5 Å². The number of hydrogen-bond acceptors (Lipinski definition) is 3. The van der Waals surface area contributed by atoms with Crippen molar-refractivity contribution >= 4 is 46.2 Å². The number of benzene rings is 3. The number of nitrogens with one attached hydrogen (secondary N) is 1. The van der Waals surface area contributed by atoms with E-state index in [4.69, 9.17) is 40.2 Å². The summed E-state index contributed by atoms with van der Waals surface area (Å²) in [6.45, 7) is 0. The van der Waals surface area contributed by atoms with Gasteiger partial charge in [0.2, 0.25) is 0 Å². The summed E-state index contributed by atoms with van der Waals surface area (Å²) in [4.78, 5) is 6.78. The maximum Gasteiger partial charge on any atom is 0.174 e. The Morgan fingerprint density at radius 2 is 1.58 bits per heavy atom. The normalized spacial score (nSPS) is 16.9. The van der Waals surface area contributed by atoms with E-state index in [9.17, 15) is 0 Å². The third-order valence-corrected chi connectivity index (χ3v) is 7.30. The summed E-state index contributed by atoms with van der Waals surface area (Å²) in [6, 6.07) is 32.7. The molecule has 0 aliphatic carbocycles. The second kappa shape index (κ2) is 10.5. The van der Waals surface area contributed by atoms with Crippen molar-refractivity contribution in [3.05, 3.63) is 137 Å². The first-order chi connectivity index (χ1) is 18.6. The molecule has 6 rings (SSSR count). The van der Waals surface area contributed by atoms with Crippen molar-refractivity contribution in [2.75, 3.05) is 4.90 Å². The Kier molecular flexibility index (Phi) is 6.77. The van der Waals surface area contributed by atoms with Gasteiger partial charge in [-0.2, -0.15) is 0 Å². The Morgan fingerprint density at radius 1 is 0.816 bits per heavy atom. The van der Waals surface area contributed by atoms with E-state index in [1.54, 1.807) is 12.3 Å². The number of hydrogen-bond donors (Lipinski definition) is 1. The molecular weight excluding hydrogens is 535 g/mol. The molecule has 2 aromatic heterocycles. The van der Waals surface area contributed by atoms with Crippen LogP contribution >= 0.6 is 35.4 Å². The summed E-state index contributed by atoms with van der Waals surface area (Å²) < 4.78 is 8.08. The molecule has 1 aliphatic heterocycles. The summed E-state index contributed by atoms with van der Waals surface area (Å²) in [5, 5.41) is 5.27. The molecule has 1 saturated heterocycles. The second-order valence-electron chi connectivity index (χ2n) is 8.80. The molecule has 0 bridgehead atoms. The molecule has 0 spiro atoms. The molecule has 38 heavy (non-hydrogen) atoms. The van der Waals surface area contributed by atoms with Gasteiger partial charge in [0.05, 0.1) is 22.4 Å². The van der Waals surface area contributed by atoms with E-state index < -0.39 is 0 Å². The molecule has 8 heteroatoms. The topological polar surface area (TPSA) is 42.3 Å². The van der Waals surface area contributed by atoms with Gasteiger partial charge in [-0.05, 0) is 91.1 Å². The molecule has 2 atom stereocenters. The summed E-state index contributed by atoms with van der Waals surface area (Å²) in [5.41, 5.74) is 3.66. The lowest BCUT2D eigenvalue weighted by Crippen LogP contribution is -2.30. The van der Waals surface area contributed by atoms with Gasteiger partial charge in [0.1, 0.15) is 17.5 Å². The van der Waals surface area contributed by atoms with E-state index in [2.05, 4.69) is 25.8 Å². The van der Waals surface area contributed by atoms with Crippen LogP contribution in [0.1, 0.15) is 23.5 Å². The van der Waals surface area contributed by atoms with Crippen LogP contribution in [0.25, 0.3) is 5.69 Å². The van der Waals surface area contributed by atoms with Gasteiger partial charge in [0, 0.05) is 28.8 Å². The minimum Gasteiger partial charge on any atom is -0.457 e. The van der Waals surface area contributed by atoms with E-state index in [0.717, 1.165) is 34.3 Å². The first-order valence-electron chi connectivity index (χ1n) is 12.0. The zero-order chi connectivity index (χ0) is 26.1. The highest BCUT2D eigenvalue weighted by Crippen LogP contribution is 2.43. The molecule has 0 amide bonds. The quantitative estimate of drug-likeness (QED) is 0.214. The largest absolute Gasteiger partial charge is 0.457 e. The van der Waals surface area contributed by atoms with Gasteiger partial charge < -0.3 is 19.5 Å². The number of thiocarbonyl (C=S) groups is 1. The van der Waals surface area contributed by atoms with E-state index in [1.165, 1.54) is 0 Å². The summed E-state index contributed by atoms with van der Waals surface area (Å²) in [5.74, 6) is 1.52. The minimum absolute atomic E-state index is 0.191. The molecular formula is C30H22Cl2N4OS. The van der Waals surface area contributed by atoms with Crippen molar-refractivity contribution < 1.29 is 4.74 Å². The first kappa shape index (κ1) is 24.5. The SMILES string of the molecule is S=C1N[C@@H](c2ccccn2)[C@@H](c2cccn2-c2ccc(Cl)cc2Cl)N1c1ccc(Oc2ccccc2)cc1. The fourth-order valence-corrected chi connectivity index (χ4v) is 5.61. The third kappa shape index (κ3) is 4.74. The molecule has 0 radical (unpaired) electrons. The number of ether oxygens (including phenoxy) is 1. The molecule has 5 nitrogen and oxygen atoms in total. The molecule has 188 valence electrons. The average Bonchev–Trinajstić information content (AvgIpc) is 3.54. The Labute approximate surface area is 236 Å². The summed E-state index contributed by atoms with van der Waals surface area (Å²) in [6.07, 6.45) is 3.79. The number of pyridine rings is 1. The zero-order valence-corrected chi connectivity index (χ0v) is 22.4.